The molecule has 8 nitrogen and oxygen atoms in total. The molecule has 0 unspecified atom stereocenters. The number of nitrogens with one attached hydrogen (secondary N) is 1. The van der Waals surface area contributed by atoms with Crippen molar-refractivity contribution in [2.24, 2.45) is 7.05 Å². The molecule has 2 aromatic heterocycles. The molecule has 0 aliphatic carbocycles. The number of methoxy groups -OCH3 is 1. The summed E-state index contributed by atoms with van der Waals surface area (Å²) in [5, 5.41) is 11.2. The number of aromatic nitrogens is 1. The van der Waals surface area contributed by atoms with E-state index in [1.165, 1.54) is 11.7 Å². The molecule has 0 bridgehead atoms. The SMILES string of the molecule is CCc1c(C)cc(C(=O)Nc2ccsc2C(=O)OC)c(=O)n1C.O=CO. The van der Waals surface area contributed by atoms with Gasteiger partial charge in [0.2, 0.25) is 0 Å². The smallest absolute Gasteiger partial charge is 0.350 e. The van der Waals surface area contributed by atoms with Crippen molar-refractivity contribution in [3.63, 3.8) is 0 Å². The summed E-state index contributed by atoms with van der Waals surface area (Å²) in [6.45, 7) is 3.56. The molecule has 0 radical (unpaired) electrons. The van der Waals surface area contributed by atoms with Crippen LogP contribution in [-0.2, 0) is 23.0 Å². The molecular formula is C17H20N2O6S. The van der Waals surface area contributed by atoms with Crippen LogP contribution < -0.4 is 10.9 Å². The monoisotopic (exact) mass is 380 g/mol. The van der Waals surface area contributed by atoms with Crippen molar-refractivity contribution < 1.29 is 24.2 Å². The Labute approximate surface area is 154 Å². The van der Waals surface area contributed by atoms with Crippen LogP contribution in [0.2, 0.25) is 0 Å². The molecule has 2 rings (SSSR count). The van der Waals surface area contributed by atoms with Crippen LogP contribution in [0.25, 0.3) is 0 Å². The van der Waals surface area contributed by atoms with Crippen LogP contribution in [0, 0.1) is 6.92 Å². The van der Waals surface area contributed by atoms with E-state index in [-0.39, 0.29) is 17.6 Å². The van der Waals surface area contributed by atoms with Crippen LogP contribution in [-0.4, -0.2) is 35.1 Å². The number of esters is 1. The first-order valence-corrected chi connectivity index (χ1v) is 8.44. The molecule has 0 spiro atoms. The number of carbonyl (C=O) groups is 3. The number of rotatable bonds is 4. The zero-order valence-corrected chi connectivity index (χ0v) is 15.7. The molecule has 1 amide bonds. The lowest BCUT2D eigenvalue weighted by Crippen LogP contribution is -2.30. The minimum atomic E-state index is -0.542. The standard InChI is InChI=1S/C16H18N2O4S.CH2O2/c1-5-12-9(2)8-10(15(20)18(12)3)14(19)17-11-6-7-23-13(11)16(21)22-4;2-1-3/h6-8H,5H2,1-4H3,(H,17,19);1H,(H,2,3). The number of carbonyl (C=O) groups excluding carboxylic acids is 2. The number of anilines is 1. The average molecular weight is 380 g/mol. The third-order valence-electron chi connectivity index (χ3n) is 3.62. The van der Waals surface area contributed by atoms with Crippen molar-refractivity contribution in [1.29, 1.82) is 0 Å². The number of aryl methyl sites for hydroxylation is 1. The van der Waals surface area contributed by atoms with E-state index in [0.29, 0.717) is 17.0 Å². The van der Waals surface area contributed by atoms with Crippen molar-refractivity contribution in [1.82, 2.24) is 4.57 Å². The topological polar surface area (TPSA) is 115 Å². The third kappa shape index (κ3) is 4.57. The lowest BCUT2D eigenvalue weighted by Gasteiger charge is -2.12. The van der Waals surface area contributed by atoms with Crippen LogP contribution in [0.5, 0.6) is 0 Å². The molecule has 0 saturated carbocycles. The number of nitrogens with zero attached hydrogens (tertiary/aromatic N) is 1. The molecular weight excluding hydrogens is 360 g/mol. The second-order valence-corrected chi connectivity index (χ2v) is 6.04. The van der Waals surface area contributed by atoms with E-state index in [0.717, 1.165) is 22.6 Å². The summed E-state index contributed by atoms with van der Waals surface area (Å²) in [6, 6.07) is 3.19. The Bertz CT molecular complexity index is 869. The fourth-order valence-corrected chi connectivity index (χ4v) is 3.22. The number of hydrogen-bond acceptors (Lipinski definition) is 6. The predicted molar refractivity (Wildman–Crippen MR) is 98.1 cm³/mol. The van der Waals surface area contributed by atoms with Gasteiger partial charge in [-0.15, -0.1) is 11.3 Å². The molecule has 0 fully saturated rings. The number of amides is 1. The Morgan fingerprint density at radius 2 is 2.04 bits per heavy atom. The van der Waals surface area contributed by atoms with Gasteiger partial charge in [0, 0.05) is 12.7 Å². The quantitative estimate of drug-likeness (QED) is 0.620. The Morgan fingerprint density at radius 1 is 1.42 bits per heavy atom. The van der Waals surface area contributed by atoms with Crippen molar-refractivity contribution in [3.05, 3.63) is 49.6 Å². The molecule has 9 heteroatoms. The Balaban J connectivity index is 0.00000105. The Hall–Kier alpha value is -2.94. The van der Waals surface area contributed by atoms with Crippen LogP contribution in [0.1, 0.15) is 38.2 Å². The van der Waals surface area contributed by atoms with Crippen LogP contribution in [0.4, 0.5) is 5.69 Å². The zero-order chi connectivity index (χ0) is 19.9. The minimum absolute atomic E-state index is 0.0456. The van der Waals surface area contributed by atoms with E-state index in [1.807, 2.05) is 13.8 Å². The summed E-state index contributed by atoms with van der Waals surface area (Å²) in [6.07, 6.45) is 0.705. The highest BCUT2D eigenvalue weighted by molar-refractivity contribution is 7.12. The van der Waals surface area contributed by atoms with Gasteiger partial charge < -0.3 is 19.7 Å². The summed E-state index contributed by atoms with van der Waals surface area (Å²) in [4.78, 5) is 45.1. The first kappa shape index (κ1) is 21.1. The van der Waals surface area contributed by atoms with Gasteiger partial charge in [-0.05, 0) is 36.4 Å². The van der Waals surface area contributed by atoms with Gasteiger partial charge in [0.1, 0.15) is 10.4 Å². The second kappa shape index (κ2) is 9.52. The number of hydrogen-bond donors (Lipinski definition) is 2. The molecule has 0 saturated heterocycles. The van der Waals surface area contributed by atoms with E-state index in [9.17, 15) is 14.4 Å². The Morgan fingerprint density at radius 3 is 2.58 bits per heavy atom. The maximum atomic E-state index is 12.4. The first-order valence-electron chi connectivity index (χ1n) is 7.56. The lowest BCUT2D eigenvalue weighted by atomic mass is 10.1. The van der Waals surface area contributed by atoms with Gasteiger partial charge in [-0.3, -0.25) is 14.4 Å². The van der Waals surface area contributed by atoms with Gasteiger partial charge in [0.15, 0.2) is 0 Å². The molecule has 2 heterocycles. The summed E-state index contributed by atoms with van der Waals surface area (Å²) >= 11 is 1.16. The van der Waals surface area contributed by atoms with Crippen molar-refractivity contribution in [2.45, 2.75) is 20.3 Å². The molecule has 0 aliphatic heterocycles. The van der Waals surface area contributed by atoms with Crippen LogP contribution >= 0.6 is 11.3 Å². The molecule has 0 aliphatic rings. The fourth-order valence-electron chi connectivity index (χ4n) is 2.46. The zero-order valence-electron chi connectivity index (χ0n) is 14.9. The van der Waals surface area contributed by atoms with Gasteiger partial charge in [-0.25, -0.2) is 4.79 Å². The minimum Gasteiger partial charge on any atom is -0.483 e. The predicted octanol–water partition coefficient (Wildman–Crippen LogP) is 2.06. The van der Waals surface area contributed by atoms with Gasteiger partial charge in [0.05, 0.1) is 12.8 Å². The van der Waals surface area contributed by atoms with Crippen LogP contribution in [0.15, 0.2) is 22.3 Å². The van der Waals surface area contributed by atoms with Crippen molar-refractivity contribution in [3.8, 4) is 0 Å². The summed E-state index contributed by atoms with van der Waals surface area (Å²) in [5.41, 5.74) is 1.78. The lowest BCUT2D eigenvalue weighted by molar-refractivity contribution is -0.122. The molecule has 0 aromatic carbocycles. The Kier molecular flexibility index (Phi) is 7.73. The molecule has 140 valence electrons. The number of pyridine rings is 1. The normalized spacial score (nSPS) is 9.69. The average Bonchev–Trinajstić information content (AvgIpc) is 3.06. The van der Waals surface area contributed by atoms with E-state index in [4.69, 9.17) is 9.90 Å². The van der Waals surface area contributed by atoms with Gasteiger partial charge in [-0.1, -0.05) is 6.92 Å². The molecule has 0 atom stereocenters. The second-order valence-electron chi connectivity index (χ2n) is 5.12. The van der Waals surface area contributed by atoms with Crippen LogP contribution in [0.3, 0.4) is 0 Å². The summed E-state index contributed by atoms with van der Waals surface area (Å²) < 4.78 is 6.15. The summed E-state index contributed by atoms with van der Waals surface area (Å²) in [7, 11) is 2.92. The third-order valence-corrected chi connectivity index (χ3v) is 4.51. The molecule has 2 aromatic rings. The van der Waals surface area contributed by atoms with E-state index < -0.39 is 11.9 Å². The highest BCUT2D eigenvalue weighted by atomic mass is 32.1. The van der Waals surface area contributed by atoms with Crippen molar-refractivity contribution in [2.75, 3.05) is 12.4 Å². The van der Waals surface area contributed by atoms with E-state index in [1.54, 1.807) is 24.6 Å². The van der Waals surface area contributed by atoms with Gasteiger partial charge in [0.25, 0.3) is 17.9 Å². The highest BCUT2D eigenvalue weighted by Gasteiger charge is 2.19. The van der Waals surface area contributed by atoms with Gasteiger partial charge >= 0.3 is 5.97 Å². The molecule has 26 heavy (non-hydrogen) atoms. The fraction of sp³-hybridized carbons (Fsp3) is 0.294. The van der Waals surface area contributed by atoms with Gasteiger partial charge in [-0.2, -0.15) is 0 Å². The number of thiophene rings is 1. The van der Waals surface area contributed by atoms with E-state index >= 15 is 0 Å². The summed E-state index contributed by atoms with van der Waals surface area (Å²) in [5.74, 6) is -1.07. The number of carboxylic acid groups (broad SMARTS) is 1. The van der Waals surface area contributed by atoms with Crippen molar-refractivity contribution >= 4 is 35.4 Å². The number of ether oxygens (including phenoxy) is 1. The van der Waals surface area contributed by atoms with E-state index in [2.05, 4.69) is 10.1 Å². The largest absolute Gasteiger partial charge is 0.483 e. The first-order chi connectivity index (χ1) is 12.3. The highest BCUT2D eigenvalue weighted by Crippen LogP contribution is 2.23. The maximum absolute atomic E-state index is 12.4. The molecule has 2 N–H and O–H groups in total. The maximum Gasteiger partial charge on any atom is 0.350 e.